The molecule has 3 unspecified atom stereocenters. The molecule has 1 spiro atoms. The minimum Gasteiger partial charge on any atom is -0.378 e. The molecule has 2 saturated carbocycles. The van der Waals surface area contributed by atoms with Crippen molar-refractivity contribution in [1.82, 2.24) is 5.32 Å². The van der Waals surface area contributed by atoms with E-state index in [0.29, 0.717) is 23.7 Å². The summed E-state index contributed by atoms with van der Waals surface area (Å²) in [6.45, 7) is 5.09. The fourth-order valence-electron chi connectivity index (χ4n) is 4.46. The van der Waals surface area contributed by atoms with Gasteiger partial charge in [0.05, 0.1) is 12.2 Å². The number of hydrogen-bond donors (Lipinski definition) is 1. The lowest BCUT2D eigenvalue weighted by atomic mass is 9.60. The molecule has 1 aliphatic heterocycles. The van der Waals surface area contributed by atoms with Crippen molar-refractivity contribution in [2.24, 2.45) is 5.41 Å². The van der Waals surface area contributed by atoms with E-state index in [1.54, 1.807) is 0 Å². The Morgan fingerprint density at radius 1 is 1.26 bits per heavy atom. The number of nitrogens with one attached hydrogen (secondary N) is 1. The zero-order valence-corrected chi connectivity index (χ0v) is 12.3. The molecule has 0 aromatic rings. The van der Waals surface area contributed by atoms with E-state index >= 15 is 0 Å². The Morgan fingerprint density at radius 2 is 2.11 bits per heavy atom. The van der Waals surface area contributed by atoms with Crippen molar-refractivity contribution in [3.05, 3.63) is 0 Å². The van der Waals surface area contributed by atoms with Gasteiger partial charge in [0.15, 0.2) is 0 Å². The average molecular weight is 267 g/mol. The highest BCUT2D eigenvalue weighted by molar-refractivity contribution is 5.09. The zero-order valence-electron chi connectivity index (χ0n) is 12.3. The van der Waals surface area contributed by atoms with Crippen LogP contribution in [0.2, 0.25) is 0 Å². The van der Waals surface area contributed by atoms with E-state index in [0.717, 1.165) is 19.8 Å². The summed E-state index contributed by atoms with van der Waals surface area (Å²) >= 11 is 0. The van der Waals surface area contributed by atoms with Crippen LogP contribution in [0.25, 0.3) is 0 Å². The molecule has 3 nitrogen and oxygen atoms in total. The minimum atomic E-state index is 0.479. The van der Waals surface area contributed by atoms with Crippen molar-refractivity contribution in [2.75, 3.05) is 19.8 Å². The molecule has 0 amide bonds. The molecule has 3 rings (SSSR count). The SMILES string of the molecule is CCOC1CC(NCCC2CCCO2)C12CCCC2. The summed E-state index contributed by atoms with van der Waals surface area (Å²) in [5.41, 5.74) is 0.479. The third kappa shape index (κ3) is 2.70. The Bertz CT molecular complexity index is 282. The molecular weight excluding hydrogens is 238 g/mol. The van der Waals surface area contributed by atoms with Crippen molar-refractivity contribution in [3.63, 3.8) is 0 Å². The number of hydrogen-bond acceptors (Lipinski definition) is 3. The molecule has 2 aliphatic carbocycles. The van der Waals surface area contributed by atoms with Crippen molar-refractivity contribution in [2.45, 2.75) is 76.5 Å². The summed E-state index contributed by atoms with van der Waals surface area (Å²) < 4.78 is 11.7. The van der Waals surface area contributed by atoms with Gasteiger partial charge in [0.1, 0.15) is 0 Å². The predicted octanol–water partition coefficient (Wildman–Crippen LogP) is 2.88. The first-order valence-corrected chi connectivity index (χ1v) is 8.32. The second-order valence-electron chi connectivity index (χ2n) is 6.55. The van der Waals surface area contributed by atoms with Gasteiger partial charge in [-0.1, -0.05) is 12.8 Å². The van der Waals surface area contributed by atoms with Gasteiger partial charge in [0.2, 0.25) is 0 Å². The van der Waals surface area contributed by atoms with E-state index in [1.165, 1.54) is 51.4 Å². The molecule has 19 heavy (non-hydrogen) atoms. The van der Waals surface area contributed by atoms with Gasteiger partial charge < -0.3 is 14.8 Å². The standard InChI is InChI=1S/C16H29NO2/c1-2-18-15-12-14(16(15)8-3-4-9-16)17-10-7-13-6-5-11-19-13/h13-15,17H,2-12H2,1H3. The summed E-state index contributed by atoms with van der Waals surface area (Å²) in [5.74, 6) is 0. The second kappa shape index (κ2) is 6.11. The van der Waals surface area contributed by atoms with Gasteiger partial charge >= 0.3 is 0 Å². The molecule has 1 saturated heterocycles. The van der Waals surface area contributed by atoms with Crippen molar-refractivity contribution in [1.29, 1.82) is 0 Å². The maximum atomic E-state index is 5.96. The van der Waals surface area contributed by atoms with Crippen LogP contribution in [0.3, 0.4) is 0 Å². The number of rotatable bonds is 6. The first-order valence-electron chi connectivity index (χ1n) is 8.32. The Labute approximate surface area is 117 Å². The fourth-order valence-corrected chi connectivity index (χ4v) is 4.46. The van der Waals surface area contributed by atoms with Gasteiger partial charge in [-0.2, -0.15) is 0 Å². The normalized spacial score (nSPS) is 36.8. The highest BCUT2D eigenvalue weighted by Gasteiger charge is 2.56. The van der Waals surface area contributed by atoms with E-state index in [2.05, 4.69) is 12.2 Å². The van der Waals surface area contributed by atoms with Crippen LogP contribution in [0.4, 0.5) is 0 Å². The van der Waals surface area contributed by atoms with Crippen molar-refractivity contribution >= 4 is 0 Å². The molecule has 0 radical (unpaired) electrons. The highest BCUT2D eigenvalue weighted by Crippen LogP contribution is 2.54. The Balaban J connectivity index is 1.45. The lowest BCUT2D eigenvalue weighted by Gasteiger charge is -2.54. The third-order valence-electron chi connectivity index (χ3n) is 5.57. The molecule has 0 aromatic heterocycles. The number of ether oxygens (including phenoxy) is 2. The van der Waals surface area contributed by atoms with Crippen LogP contribution in [-0.4, -0.2) is 38.0 Å². The monoisotopic (exact) mass is 267 g/mol. The largest absolute Gasteiger partial charge is 0.378 e. The van der Waals surface area contributed by atoms with Gasteiger partial charge in [0, 0.05) is 24.7 Å². The van der Waals surface area contributed by atoms with Crippen molar-refractivity contribution < 1.29 is 9.47 Å². The molecule has 0 bridgehead atoms. The molecule has 1 N–H and O–H groups in total. The highest BCUT2D eigenvalue weighted by atomic mass is 16.5. The van der Waals surface area contributed by atoms with Gasteiger partial charge in [0.25, 0.3) is 0 Å². The molecule has 3 heteroatoms. The van der Waals surface area contributed by atoms with E-state index in [-0.39, 0.29) is 0 Å². The molecule has 3 aliphatic rings. The maximum absolute atomic E-state index is 5.96. The summed E-state index contributed by atoms with van der Waals surface area (Å²) in [5, 5.41) is 3.81. The van der Waals surface area contributed by atoms with Crippen molar-refractivity contribution in [3.8, 4) is 0 Å². The van der Waals surface area contributed by atoms with Crippen LogP contribution < -0.4 is 5.32 Å². The van der Waals surface area contributed by atoms with E-state index in [9.17, 15) is 0 Å². The Kier molecular flexibility index (Phi) is 4.45. The Morgan fingerprint density at radius 3 is 2.79 bits per heavy atom. The smallest absolute Gasteiger partial charge is 0.0661 e. The van der Waals surface area contributed by atoms with E-state index in [1.807, 2.05) is 0 Å². The van der Waals surface area contributed by atoms with Gasteiger partial charge in [-0.15, -0.1) is 0 Å². The first-order chi connectivity index (χ1) is 9.35. The van der Waals surface area contributed by atoms with Gasteiger partial charge in [-0.05, 0) is 52.0 Å². The molecular formula is C16H29NO2. The summed E-state index contributed by atoms with van der Waals surface area (Å²) in [7, 11) is 0. The van der Waals surface area contributed by atoms with Crippen LogP contribution in [0.15, 0.2) is 0 Å². The second-order valence-corrected chi connectivity index (χ2v) is 6.55. The van der Waals surface area contributed by atoms with Gasteiger partial charge in [-0.3, -0.25) is 0 Å². The summed E-state index contributed by atoms with van der Waals surface area (Å²) in [6, 6.07) is 0.702. The Hall–Kier alpha value is -0.120. The molecule has 110 valence electrons. The van der Waals surface area contributed by atoms with Crippen LogP contribution >= 0.6 is 0 Å². The summed E-state index contributed by atoms with van der Waals surface area (Å²) in [6.07, 6.45) is 11.5. The fraction of sp³-hybridized carbons (Fsp3) is 1.00. The molecule has 3 atom stereocenters. The lowest BCUT2D eigenvalue weighted by molar-refractivity contribution is -0.130. The molecule has 1 heterocycles. The molecule has 3 fully saturated rings. The van der Waals surface area contributed by atoms with Crippen LogP contribution in [0.5, 0.6) is 0 Å². The van der Waals surface area contributed by atoms with Gasteiger partial charge in [-0.25, -0.2) is 0 Å². The topological polar surface area (TPSA) is 30.5 Å². The minimum absolute atomic E-state index is 0.479. The van der Waals surface area contributed by atoms with E-state index in [4.69, 9.17) is 9.47 Å². The summed E-state index contributed by atoms with van der Waals surface area (Å²) in [4.78, 5) is 0. The van der Waals surface area contributed by atoms with E-state index < -0.39 is 0 Å². The quantitative estimate of drug-likeness (QED) is 0.802. The maximum Gasteiger partial charge on any atom is 0.0661 e. The first kappa shape index (κ1) is 13.8. The average Bonchev–Trinajstić information content (AvgIpc) is 3.09. The molecule has 0 aromatic carbocycles. The third-order valence-corrected chi connectivity index (χ3v) is 5.57. The zero-order chi connectivity index (χ0) is 13.1. The lowest BCUT2D eigenvalue weighted by Crippen LogP contribution is -2.62. The van der Waals surface area contributed by atoms with Crippen LogP contribution in [0.1, 0.15) is 58.3 Å². The predicted molar refractivity (Wildman–Crippen MR) is 76.3 cm³/mol. The van der Waals surface area contributed by atoms with Crippen LogP contribution in [0, 0.1) is 5.41 Å². The van der Waals surface area contributed by atoms with Crippen LogP contribution in [-0.2, 0) is 9.47 Å².